The highest BCUT2D eigenvalue weighted by atomic mass is 32.1. The van der Waals surface area contributed by atoms with Crippen LogP contribution in [0.15, 0.2) is 36.4 Å². The molecule has 1 aliphatic heterocycles. The molecule has 0 radical (unpaired) electrons. The van der Waals surface area contributed by atoms with E-state index >= 15 is 0 Å². The number of ether oxygens (including phenoxy) is 1. The Balaban J connectivity index is 1.99. The van der Waals surface area contributed by atoms with E-state index in [1.165, 1.54) is 11.1 Å². The standard InChI is InChI=1S/C19H25NOS/c1-15-6-8-17(9-7-15)18(22)19(10-4-3-5-16(19)2)20-11-13-21-14-12-20/h3-4,6-9,16H,5,10-14H2,1-2H3. The topological polar surface area (TPSA) is 12.5 Å². The number of rotatable bonds is 3. The number of morpholine rings is 1. The summed E-state index contributed by atoms with van der Waals surface area (Å²) in [6, 6.07) is 8.70. The van der Waals surface area contributed by atoms with Gasteiger partial charge in [0.15, 0.2) is 0 Å². The predicted octanol–water partition coefficient (Wildman–Crippen LogP) is 3.77. The van der Waals surface area contributed by atoms with E-state index in [-0.39, 0.29) is 5.54 Å². The van der Waals surface area contributed by atoms with E-state index in [2.05, 4.69) is 55.2 Å². The first-order valence-corrected chi connectivity index (χ1v) is 8.64. The van der Waals surface area contributed by atoms with Gasteiger partial charge in [-0.3, -0.25) is 4.90 Å². The van der Waals surface area contributed by atoms with Gasteiger partial charge < -0.3 is 4.74 Å². The van der Waals surface area contributed by atoms with Gasteiger partial charge in [0, 0.05) is 18.0 Å². The molecule has 1 heterocycles. The lowest BCUT2D eigenvalue weighted by Gasteiger charge is -2.50. The van der Waals surface area contributed by atoms with Crippen molar-refractivity contribution in [3.8, 4) is 0 Å². The van der Waals surface area contributed by atoms with Crippen LogP contribution in [0.5, 0.6) is 0 Å². The van der Waals surface area contributed by atoms with Crippen molar-refractivity contribution in [1.82, 2.24) is 4.90 Å². The second kappa shape index (κ2) is 6.61. The largest absolute Gasteiger partial charge is 0.379 e. The van der Waals surface area contributed by atoms with Crippen LogP contribution >= 0.6 is 12.2 Å². The Bertz CT molecular complexity index is 559. The summed E-state index contributed by atoms with van der Waals surface area (Å²) in [6.45, 7) is 8.05. The van der Waals surface area contributed by atoms with Crippen LogP contribution in [0.1, 0.15) is 30.9 Å². The van der Waals surface area contributed by atoms with Gasteiger partial charge in [-0.2, -0.15) is 0 Å². The zero-order valence-electron chi connectivity index (χ0n) is 13.5. The molecule has 0 spiro atoms. The summed E-state index contributed by atoms with van der Waals surface area (Å²) in [5.74, 6) is 0.532. The normalized spacial score (nSPS) is 29.5. The van der Waals surface area contributed by atoms with Crippen molar-refractivity contribution in [3.05, 3.63) is 47.5 Å². The molecule has 2 nitrogen and oxygen atoms in total. The summed E-state index contributed by atoms with van der Waals surface area (Å²) in [6.07, 6.45) is 6.74. The van der Waals surface area contributed by atoms with Crippen molar-refractivity contribution < 1.29 is 4.74 Å². The van der Waals surface area contributed by atoms with Crippen molar-refractivity contribution >= 4 is 17.1 Å². The van der Waals surface area contributed by atoms with Crippen LogP contribution in [-0.4, -0.2) is 41.6 Å². The molecule has 3 heteroatoms. The molecule has 2 aliphatic rings. The molecule has 1 aromatic rings. The Hall–Kier alpha value is -1.03. The zero-order chi connectivity index (χ0) is 15.6. The first-order chi connectivity index (χ1) is 10.6. The molecule has 2 atom stereocenters. The third-order valence-electron chi connectivity index (χ3n) is 5.18. The molecule has 0 amide bonds. The quantitative estimate of drug-likeness (QED) is 0.479. The Labute approximate surface area is 139 Å². The number of allylic oxidation sites excluding steroid dienone is 1. The van der Waals surface area contributed by atoms with E-state index in [4.69, 9.17) is 17.0 Å². The van der Waals surface area contributed by atoms with Crippen LogP contribution < -0.4 is 0 Å². The third kappa shape index (κ3) is 2.78. The van der Waals surface area contributed by atoms with Gasteiger partial charge in [-0.15, -0.1) is 0 Å². The molecule has 1 aromatic carbocycles. The number of benzene rings is 1. The van der Waals surface area contributed by atoms with E-state index in [1.54, 1.807) is 0 Å². The molecule has 0 saturated carbocycles. The summed E-state index contributed by atoms with van der Waals surface area (Å²) in [4.78, 5) is 3.68. The smallest absolute Gasteiger partial charge is 0.0633 e. The van der Waals surface area contributed by atoms with Crippen molar-refractivity contribution in [1.29, 1.82) is 0 Å². The van der Waals surface area contributed by atoms with Gasteiger partial charge >= 0.3 is 0 Å². The molecular formula is C19H25NOS. The number of aryl methyl sites for hydroxylation is 1. The van der Waals surface area contributed by atoms with Gasteiger partial charge in [0.1, 0.15) is 0 Å². The van der Waals surface area contributed by atoms with E-state index in [1.807, 2.05) is 0 Å². The Morgan fingerprint density at radius 2 is 1.86 bits per heavy atom. The molecule has 1 aliphatic carbocycles. The summed E-state index contributed by atoms with van der Waals surface area (Å²) in [5.41, 5.74) is 2.45. The van der Waals surface area contributed by atoms with Gasteiger partial charge in [-0.05, 0) is 31.2 Å². The average Bonchev–Trinajstić information content (AvgIpc) is 2.56. The summed E-state index contributed by atoms with van der Waals surface area (Å²) in [5, 5.41) is 0. The fourth-order valence-electron chi connectivity index (χ4n) is 3.78. The van der Waals surface area contributed by atoms with Crippen LogP contribution in [0.4, 0.5) is 0 Å². The highest BCUT2D eigenvalue weighted by molar-refractivity contribution is 7.81. The summed E-state index contributed by atoms with van der Waals surface area (Å²) >= 11 is 6.04. The van der Waals surface area contributed by atoms with E-state index < -0.39 is 0 Å². The van der Waals surface area contributed by atoms with Gasteiger partial charge in [-0.25, -0.2) is 0 Å². The molecule has 3 rings (SSSR count). The average molecular weight is 315 g/mol. The van der Waals surface area contributed by atoms with Crippen LogP contribution in [-0.2, 0) is 4.74 Å². The molecular weight excluding hydrogens is 290 g/mol. The van der Waals surface area contributed by atoms with Crippen LogP contribution in [0.3, 0.4) is 0 Å². The first-order valence-electron chi connectivity index (χ1n) is 8.24. The predicted molar refractivity (Wildman–Crippen MR) is 95.5 cm³/mol. The molecule has 118 valence electrons. The molecule has 2 unspecified atom stereocenters. The molecule has 1 fully saturated rings. The number of nitrogens with zero attached hydrogens (tertiary/aromatic N) is 1. The maximum Gasteiger partial charge on any atom is 0.0633 e. The maximum atomic E-state index is 6.04. The molecule has 0 N–H and O–H groups in total. The van der Waals surface area contributed by atoms with Crippen LogP contribution in [0.25, 0.3) is 0 Å². The molecule has 0 aromatic heterocycles. The number of thiocarbonyl (C=S) groups is 1. The third-order valence-corrected chi connectivity index (χ3v) is 5.77. The fraction of sp³-hybridized carbons (Fsp3) is 0.526. The van der Waals surface area contributed by atoms with Crippen molar-refractivity contribution in [2.24, 2.45) is 5.92 Å². The van der Waals surface area contributed by atoms with E-state index in [9.17, 15) is 0 Å². The molecule has 22 heavy (non-hydrogen) atoms. The summed E-state index contributed by atoms with van der Waals surface area (Å²) in [7, 11) is 0. The lowest BCUT2D eigenvalue weighted by molar-refractivity contribution is -0.0153. The number of hydrogen-bond donors (Lipinski definition) is 0. The summed E-state index contributed by atoms with van der Waals surface area (Å²) < 4.78 is 5.57. The lowest BCUT2D eigenvalue weighted by atomic mass is 9.71. The van der Waals surface area contributed by atoms with E-state index in [0.717, 1.165) is 44.0 Å². The minimum absolute atomic E-state index is 0.0386. The van der Waals surface area contributed by atoms with Crippen molar-refractivity contribution in [2.45, 2.75) is 32.2 Å². The van der Waals surface area contributed by atoms with Gasteiger partial charge in [0.05, 0.1) is 18.8 Å². The van der Waals surface area contributed by atoms with Gasteiger partial charge in [-0.1, -0.05) is 61.1 Å². The monoisotopic (exact) mass is 315 g/mol. The Morgan fingerprint density at radius 1 is 1.18 bits per heavy atom. The second-order valence-corrected chi connectivity index (χ2v) is 6.94. The first kappa shape index (κ1) is 15.9. The minimum Gasteiger partial charge on any atom is -0.379 e. The highest BCUT2D eigenvalue weighted by Crippen LogP contribution is 2.39. The Morgan fingerprint density at radius 3 is 2.50 bits per heavy atom. The van der Waals surface area contributed by atoms with Crippen LogP contribution in [0, 0.1) is 12.8 Å². The maximum absolute atomic E-state index is 6.04. The van der Waals surface area contributed by atoms with Gasteiger partial charge in [0.25, 0.3) is 0 Å². The van der Waals surface area contributed by atoms with Crippen molar-refractivity contribution in [3.63, 3.8) is 0 Å². The highest BCUT2D eigenvalue weighted by Gasteiger charge is 2.46. The van der Waals surface area contributed by atoms with Gasteiger partial charge in [0.2, 0.25) is 0 Å². The number of hydrogen-bond acceptors (Lipinski definition) is 3. The van der Waals surface area contributed by atoms with Crippen molar-refractivity contribution in [2.75, 3.05) is 26.3 Å². The second-order valence-electron chi connectivity index (χ2n) is 6.53. The SMILES string of the molecule is Cc1ccc(C(=S)C2(N3CCOCC3)CC=CCC2C)cc1. The minimum atomic E-state index is -0.0386. The van der Waals surface area contributed by atoms with Crippen LogP contribution in [0.2, 0.25) is 0 Å². The molecule has 1 saturated heterocycles. The lowest BCUT2D eigenvalue weighted by Crippen LogP contribution is -2.61. The fourth-order valence-corrected chi connectivity index (χ4v) is 4.33. The molecule has 0 bridgehead atoms. The zero-order valence-corrected chi connectivity index (χ0v) is 14.4. The Kier molecular flexibility index (Phi) is 4.76. The van der Waals surface area contributed by atoms with E-state index in [0.29, 0.717) is 5.92 Å².